The van der Waals surface area contributed by atoms with Crippen molar-refractivity contribution < 1.29 is 19.1 Å². The summed E-state index contributed by atoms with van der Waals surface area (Å²) in [4.78, 5) is 27.7. The van der Waals surface area contributed by atoms with E-state index in [-0.39, 0.29) is 18.9 Å². The SMILES string of the molecule is CCOC(=O)c1ccnc(NC(=O)CCOc2ccc(CC)cc2)c1. The van der Waals surface area contributed by atoms with Gasteiger partial charge >= 0.3 is 5.97 Å². The van der Waals surface area contributed by atoms with E-state index in [2.05, 4.69) is 17.2 Å². The molecule has 2 aromatic rings. The Morgan fingerprint density at radius 1 is 1.12 bits per heavy atom. The summed E-state index contributed by atoms with van der Waals surface area (Å²) in [7, 11) is 0. The van der Waals surface area contributed by atoms with Gasteiger partial charge in [0.1, 0.15) is 11.6 Å². The number of esters is 1. The molecule has 1 aromatic carbocycles. The maximum atomic E-state index is 12.0. The first kappa shape index (κ1) is 18.4. The van der Waals surface area contributed by atoms with Crippen LogP contribution < -0.4 is 10.1 Å². The Kier molecular flexibility index (Phi) is 6.95. The van der Waals surface area contributed by atoms with Crippen LogP contribution >= 0.6 is 0 Å². The van der Waals surface area contributed by atoms with Gasteiger partial charge in [0.05, 0.1) is 25.2 Å². The van der Waals surface area contributed by atoms with E-state index in [4.69, 9.17) is 9.47 Å². The van der Waals surface area contributed by atoms with Crippen LogP contribution in [-0.2, 0) is 16.0 Å². The number of amides is 1. The van der Waals surface area contributed by atoms with Crippen molar-refractivity contribution in [2.75, 3.05) is 18.5 Å². The number of aromatic nitrogens is 1. The van der Waals surface area contributed by atoms with Gasteiger partial charge in [-0.3, -0.25) is 4.79 Å². The first-order valence-corrected chi connectivity index (χ1v) is 8.27. The number of nitrogens with one attached hydrogen (secondary N) is 1. The summed E-state index contributed by atoms with van der Waals surface area (Å²) >= 11 is 0. The molecule has 0 radical (unpaired) electrons. The fourth-order valence-electron chi connectivity index (χ4n) is 2.13. The molecule has 1 N–H and O–H groups in total. The van der Waals surface area contributed by atoms with E-state index in [9.17, 15) is 9.59 Å². The van der Waals surface area contributed by atoms with Crippen LogP contribution in [0.4, 0.5) is 5.82 Å². The molecule has 0 saturated carbocycles. The minimum Gasteiger partial charge on any atom is -0.493 e. The van der Waals surface area contributed by atoms with Crippen LogP contribution in [0.25, 0.3) is 0 Å². The van der Waals surface area contributed by atoms with Crippen LogP contribution in [0.3, 0.4) is 0 Å². The molecule has 6 nitrogen and oxygen atoms in total. The lowest BCUT2D eigenvalue weighted by atomic mass is 10.2. The van der Waals surface area contributed by atoms with Crippen LogP contribution in [0, 0.1) is 0 Å². The Hall–Kier alpha value is -2.89. The van der Waals surface area contributed by atoms with Crippen molar-refractivity contribution in [3.05, 3.63) is 53.7 Å². The Morgan fingerprint density at radius 2 is 1.88 bits per heavy atom. The molecule has 1 aromatic heterocycles. The number of hydrogen-bond acceptors (Lipinski definition) is 5. The highest BCUT2D eigenvalue weighted by Gasteiger charge is 2.09. The third kappa shape index (κ3) is 5.91. The lowest BCUT2D eigenvalue weighted by molar-refractivity contribution is -0.116. The number of hydrogen-bond donors (Lipinski definition) is 1. The Morgan fingerprint density at radius 3 is 2.56 bits per heavy atom. The summed E-state index contributed by atoms with van der Waals surface area (Å²) in [6.07, 6.45) is 2.61. The van der Waals surface area contributed by atoms with Crippen LogP contribution in [0.15, 0.2) is 42.6 Å². The monoisotopic (exact) mass is 342 g/mol. The number of pyridine rings is 1. The van der Waals surface area contributed by atoms with E-state index in [0.717, 1.165) is 12.2 Å². The van der Waals surface area contributed by atoms with E-state index < -0.39 is 5.97 Å². The highest BCUT2D eigenvalue weighted by atomic mass is 16.5. The number of benzene rings is 1. The highest BCUT2D eigenvalue weighted by Crippen LogP contribution is 2.13. The number of ether oxygens (including phenoxy) is 2. The summed E-state index contributed by atoms with van der Waals surface area (Å²) in [6, 6.07) is 10.8. The minimum atomic E-state index is -0.445. The number of rotatable bonds is 8. The molecule has 0 aliphatic rings. The number of anilines is 1. The molecule has 1 amide bonds. The fraction of sp³-hybridized carbons (Fsp3) is 0.316. The first-order valence-electron chi connectivity index (χ1n) is 8.27. The zero-order chi connectivity index (χ0) is 18.1. The van der Waals surface area contributed by atoms with Gasteiger partial charge in [-0.15, -0.1) is 0 Å². The third-order valence-corrected chi connectivity index (χ3v) is 3.47. The van der Waals surface area contributed by atoms with Gasteiger partial charge < -0.3 is 14.8 Å². The normalized spacial score (nSPS) is 10.2. The molecule has 0 fully saturated rings. The second-order valence-electron chi connectivity index (χ2n) is 5.29. The summed E-state index contributed by atoms with van der Waals surface area (Å²) in [6.45, 7) is 4.37. The molecular weight excluding hydrogens is 320 g/mol. The summed E-state index contributed by atoms with van der Waals surface area (Å²) in [5.41, 5.74) is 1.58. The van der Waals surface area contributed by atoms with Gasteiger partial charge in [0.15, 0.2) is 0 Å². The zero-order valence-electron chi connectivity index (χ0n) is 14.5. The molecule has 0 aliphatic carbocycles. The van der Waals surface area contributed by atoms with Crippen molar-refractivity contribution in [3.63, 3.8) is 0 Å². The third-order valence-electron chi connectivity index (χ3n) is 3.47. The maximum absolute atomic E-state index is 12.0. The smallest absolute Gasteiger partial charge is 0.338 e. The van der Waals surface area contributed by atoms with Gasteiger partial charge in [-0.2, -0.15) is 0 Å². The molecule has 1 heterocycles. The van der Waals surface area contributed by atoms with Crippen molar-refractivity contribution in [2.24, 2.45) is 0 Å². The predicted octanol–water partition coefficient (Wildman–Crippen LogP) is 3.23. The van der Waals surface area contributed by atoms with E-state index in [1.54, 1.807) is 6.92 Å². The predicted molar refractivity (Wildman–Crippen MR) is 94.8 cm³/mol. The first-order chi connectivity index (χ1) is 12.1. The average Bonchev–Trinajstić information content (AvgIpc) is 2.62. The molecule has 0 unspecified atom stereocenters. The zero-order valence-corrected chi connectivity index (χ0v) is 14.5. The lowest BCUT2D eigenvalue weighted by Gasteiger charge is -2.08. The molecule has 25 heavy (non-hydrogen) atoms. The number of aryl methyl sites for hydroxylation is 1. The second kappa shape index (κ2) is 9.42. The molecule has 0 bridgehead atoms. The largest absolute Gasteiger partial charge is 0.493 e. The Bertz CT molecular complexity index is 714. The molecule has 0 saturated heterocycles. The minimum absolute atomic E-state index is 0.181. The number of carbonyl (C=O) groups is 2. The van der Waals surface area contributed by atoms with Crippen molar-refractivity contribution in [1.82, 2.24) is 4.98 Å². The van der Waals surface area contributed by atoms with E-state index in [1.807, 2.05) is 24.3 Å². The highest BCUT2D eigenvalue weighted by molar-refractivity contribution is 5.93. The van der Waals surface area contributed by atoms with Crippen molar-refractivity contribution in [3.8, 4) is 5.75 Å². The summed E-state index contributed by atoms with van der Waals surface area (Å²) in [5.74, 6) is 0.355. The van der Waals surface area contributed by atoms with Crippen LogP contribution in [0.5, 0.6) is 5.75 Å². The Labute approximate surface area is 147 Å². The van der Waals surface area contributed by atoms with E-state index >= 15 is 0 Å². The van der Waals surface area contributed by atoms with Gasteiger partial charge in [-0.25, -0.2) is 9.78 Å². The lowest BCUT2D eigenvalue weighted by Crippen LogP contribution is -2.16. The quantitative estimate of drug-likeness (QED) is 0.745. The Balaban J connectivity index is 1.81. The summed E-state index contributed by atoms with van der Waals surface area (Å²) < 4.78 is 10.5. The second-order valence-corrected chi connectivity index (χ2v) is 5.29. The molecule has 6 heteroatoms. The average molecular weight is 342 g/mol. The standard InChI is InChI=1S/C19H22N2O4/c1-3-14-5-7-16(8-6-14)25-12-10-18(22)21-17-13-15(9-11-20-17)19(23)24-4-2/h5-9,11,13H,3-4,10,12H2,1-2H3,(H,20,21,22). The molecular formula is C19H22N2O4. The van der Waals surface area contributed by atoms with Gasteiger partial charge in [0.25, 0.3) is 0 Å². The van der Waals surface area contributed by atoms with Crippen LogP contribution in [0.2, 0.25) is 0 Å². The molecule has 132 valence electrons. The summed E-state index contributed by atoms with van der Waals surface area (Å²) in [5, 5.41) is 2.65. The van der Waals surface area contributed by atoms with Gasteiger partial charge in [0, 0.05) is 6.20 Å². The number of carbonyl (C=O) groups excluding carboxylic acids is 2. The van der Waals surface area contributed by atoms with Crippen molar-refractivity contribution in [1.29, 1.82) is 0 Å². The molecule has 0 atom stereocenters. The van der Waals surface area contributed by atoms with E-state index in [0.29, 0.717) is 18.0 Å². The van der Waals surface area contributed by atoms with Crippen LogP contribution in [-0.4, -0.2) is 30.1 Å². The van der Waals surface area contributed by atoms with E-state index in [1.165, 1.54) is 23.9 Å². The van der Waals surface area contributed by atoms with Gasteiger partial charge in [0.2, 0.25) is 5.91 Å². The van der Waals surface area contributed by atoms with Crippen molar-refractivity contribution in [2.45, 2.75) is 26.7 Å². The maximum Gasteiger partial charge on any atom is 0.338 e. The molecule has 2 rings (SSSR count). The molecule has 0 aliphatic heterocycles. The topological polar surface area (TPSA) is 77.5 Å². The van der Waals surface area contributed by atoms with Gasteiger partial charge in [-0.05, 0) is 43.2 Å². The van der Waals surface area contributed by atoms with Crippen molar-refractivity contribution >= 4 is 17.7 Å². The number of nitrogens with zero attached hydrogens (tertiary/aromatic N) is 1. The van der Waals surface area contributed by atoms with Gasteiger partial charge in [-0.1, -0.05) is 19.1 Å². The molecule has 0 spiro atoms. The van der Waals surface area contributed by atoms with Crippen LogP contribution in [0.1, 0.15) is 36.2 Å². The fourth-order valence-corrected chi connectivity index (χ4v) is 2.13.